The van der Waals surface area contributed by atoms with Gasteiger partial charge in [0.05, 0.1) is 6.04 Å². The Morgan fingerprint density at radius 1 is 1.21 bits per heavy atom. The minimum atomic E-state index is -0.158. The molecular weight excluding hydrogens is 390 g/mol. The molecule has 2 aliphatic rings. The molecule has 2 aromatic rings. The van der Waals surface area contributed by atoms with Gasteiger partial charge in [-0.3, -0.25) is 9.69 Å². The monoisotopic (exact) mass is 417 g/mol. The zero-order valence-corrected chi connectivity index (χ0v) is 17.6. The quantitative estimate of drug-likeness (QED) is 0.809. The van der Waals surface area contributed by atoms with Crippen molar-refractivity contribution in [3.8, 4) is 0 Å². The highest BCUT2D eigenvalue weighted by Crippen LogP contribution is 2.20. The van der Waals surface area contributed by atoms with Gasteiger partial charge in [0.2, 0.25) is 5.91 Å². The second-order valence-corrected chi connectivity index (χ2v) is 8.33. The summed E-state index contributed by atoms with van der Waals surface area (Å²) in [6.07, 6.45) is 2.42. The average molecular weight is 418 g/mol. The summed E-state index contributed by atoms with van der Waals surface area (Å²) in [6, 6.07) is 7.86. The van der Waals surface area contributed by atoms with Gasteiger partial charge in [0.25, 0.3) is 0 Å². The van der Waals surface area contributed by atoms with Crippen LogP contribution < -0.4 is 5.32 Å². The molecule has 2 aliphatic heterocycles. The molecule has 1 aromatic heterocycles. The highest BCUT2D eigenvalue weighted by atomic mass is 35.5. The van der Waals surface area contributed by atoms with Crippen molar-refractivity contribution in [1.29, 1.82) is 0 Å². The van der Waals surface area contributed by atoms with Crippen LogP contribution in [0.2, 0.25) is 5.02 Å². The van der Waals surface area contributed by atoms with Gasteiger partial charge in [-0.1, -0.05) is 23.7 Å². The second-order valence-electron chi connectivity index (χ2n) is 7.90. The van der Waals surface area contributed by atoms with Crippen LogP contribution in [0.25, 0.3) is 0 Å². The van der Waals surface area contributed by atoms with Gasteiger partial charge in [0.15, 0.2) is 5.82 Å². The molecule has 0 bridgehead atoms. The Morgan fingerprint density at radius 3 is 2.72 bits per heavy atom. The summed E-state index contributed by atoms with van der Waals surface area (Å²) in [5, 5.41) is 12.7. The van der Waals surface area contributed by atoms with Crippen LogP contribution in [0.3, 0.4) is 0 Å². The van der Waals surface area contributed by atoms with Crippen LogP contribution in [0.4, 0.5) is 0 Å². The third kappa shape index (κ3) is 4.97. The van der Waals surface area contributed by atoms with Crippen molar-refractivity contribution >= 4 is 17.5 Å². The Labute approximate surface area is 176 Å². The summed E-state index contributed by atoms with van der Waals surface area (Å²) in [4.78, 5) is 15.0. The number of amides is 1. The van der Waals surface area contributed by atoms with Crippen LogP contribution in [0, 0.1) is 5.92 Å². The Morgan fingerprint density at radius 2 is 1.97 bits per heavy atom. The molecule has 4 rings (SSSR count). The van der Waals surface area contributed by atoms with Gasteiger partial charge in [-0.25, -0.2) is 0 Å². The Bertz CT molecular complexity index is 832. The summed E-state index contributed by atoms with van der Waals surface area (Å²) in [5.41, 5.74) is 1.25. The lowest BCUT2D eigenvalue weighted by atomic mass is 9.99. The van der Waals surface area contributed by atoms with Gasteiger partial charge in [0, 0.05) is 56.8 Å². The number of carbonyl (C=O) groups is 1. The lowest BCUT2D eigenvalue weighted by molar-refractivity contribution is -0.128. The van der Waals surface area contributed by atoms with Crippen LogP contribution in [-0.2, 0) is 29.0 Å². The van der Waals surface area contributed by atoms with E-state index >= 15 is 0 Å². The molecule has 29 heavy (non-hydrogen) atoms. The van der Waals surface area contributed by atoms with E-state index < -0.39 is 0 Å². The highest BCUT2D eigenvalue weighted by Gasteiger charge is 2.26. The predicted octanol–water partition coefficient (Wildman–Crippen LogP) is 2.59. The number of rotatable bonds is 5. The molecular formula is C21H28ClN5O2. The predicted molar refractivity (Wildman–Crippen MR) is 111 cm³/mol. The first-order valence-corrected chi connectivity index (χ1v) is 10.7. The molecule has 3 heterocycles. The number of hydrogen-bond donors (Lipinski definition) is 1. The number of aromatic nitrogens is 3. The van der Waals surface area contributed by atoms with Crippen LogP contribution >= 0.6 is 11.6 Å². The third-order valence-corrected chi connectivity index (χ3v) is 6.06. The van der Waals surface area contributed by atoms with E-state index in [1.165, 1.54) is 5.56 Å². The molecule has 0 spiro atoms. The zero-order valence-electron chi connectivity index (χ0n) is 16.8. The molecule has 1 atom stereocenters. The standard InChI is InChI=1S/C21H28ClN5O2/c1-15(23-21(28)17-7-12-29-13-8-17)20-25-24-19-6-9-26(10-11-27(19)20)14-16-2-4-18(22)5-3-16/h2-5,15,17H,6-14H2,1H3,(H,23,28). The van der Waals surface area contributed by atoms with Gasteiger partial charge in [-0.05, 0) is 37.5 Å². The number of nitrogens with zero attached hydrogens (tertiary/aromatic N) is 4. The summed E-state index contributed by atoms with van der Waals surface area (Å²) < 4.78 is 7.53. The molecule has 8 heteroatoms. The molecule has 1 aromatic carbocycles. The number of ether oxygens (including phenoxy) is 1. The molecule has 1 fully saturated rings. The molecule has 156 valence electrons. The summed E-state index contributed by atoms with van der Waals surface area (Å²) >= 11 is 5.99. The Kier molecular flexibility index (Phi) is 6.47. The van der Waals surface area contributed by atoms with E-state index in [9.17, 15) is 4.79 Å². The van der Waals surface area contributed by atoms with E-state index in [1.807, 2.05) is 19.1 Å². The van der Waals surface area contributed by atoms with Gasteiger partial charge >= 0.3 is 0 Å². The van der Waals surface area contributed by atoms with Crippen molar-refractivity contribution in [2.75, 3.05) is 26.3 Å². The van der Waals surface area contributed by atoms with Crippen LogP contribution in [0.1, 0.15) is 43.0 Å². The SMILES string of the molecule is CC(NC(=O)C1CCOCC1)c1nnc2n1CCN(Cc1ccc(Cl)cc1)CC2. The van der Waals surface area contributed by atoms with Gasteiger partial charge < -0.3 is 14.6 Å². The van der Waals surface area contributed by atoms with Crippen molar-refractivity contribution in [1.82, 2.24) is 25.0 Å². The van der Waals surface area contributed by atoms with Gasteiger partial charge in [0.1, 0.15) is 5.82 Å². The molecule has 1 unspecified atom stereocenters. The second kappa shape index (κ2) is 9.24. The first-order valence-electron chi connectivity index (χ1n) is 10.4. The van der Waals surface area contributed by atoms with E-state index in [2.05, 4.69) is 37.1 Å². The summed E-state index contributed by atoms with van der Waals surface area (Å²) in [5.74, 6) is 1.96. The molecule has 0 radical (unpaired) electrons. The van der Waals surface area contributed by atoms with Crippen molar-refractivity contribution in [2.45, 2.75) is 45.3 Å². The van der Waals surface area contributed by atoms with Gasteiger partial charge in [-0.2, -0.15) is 0 Å². The van der Waals surface area contributed by atoms with Crippen molar-refractivity contribution in [3.05, 3.63) is 46.5 Å². The molecule has 0 aliphatic carbocycles. The maximum Gasteiger partial charge on any atom is 0.223 e. The third-order valence-electron chi connectivity index (χ3n) is 5.81. The normalized spacial score (nSPS) is 19.4. The zero-order chi connectivity index (χ0) is 20.2. The number of fused-ring (bicyclic) bond motifs is 1. The maximum absolute atomic E-state index is 12.6. The molecule has 1 N–H and O–H groups in total. The van der Waals surface area contributed by atoms with Gasteiger partial charge in [-0.15, -0.1) is 10.2 Å². The van der Waals surface area contributed by atoms with Crippen LogP contribution in [-0.4, -0.2) is 51.9 Å². The van der Waals surface area contributed by atoms with E-state index in [0.29, 0.717) is 13.2 Å². The minimum absolute atomic E-state index is 0.0348. The minimum Gasteiger partial charge on any atom is -0.381 e. The van der Waals surface area contributed by atoms with E-state index in [0.717, 1.165) is 62.1 Å². The first-order chi connectivity index (χ1) is 14.1. The lowest BCUT2D eigenvalue weighted by Crippen LogP contribution is -2.36. The first kappa shape index (κ1) is 20.3. The summed E-state index contributed by atoms with van der Waals surface area (Å²) in [7, 11) is 0. The topological polar surface area (TPSA) is 72.3 Å². The van der Waals surface area contributed by atoms with Crippen LogP contribution in [0.5, 0.6) is 0 Å². The number of benzene rings is 1. The maximum atomic E-state index is 12.6. The molecule has 7 nitrogen and oxygen atoms in total. The number of nitrogens with one attached hydrogen (secondary N) is 1. The largest absolute Gasteiger partial charge is 0.381 e. The Hall–Kier alpha value is -1.96. The molecule has 0 saturated carbocycles. The Balaban J connectivity index is 1.37. The molecule has 1 amide bonds. The van der Waals surface area contributed by atoms with E-state index in [-0.39, 0.29) is 17.9 Å². The van der Waals surface area contributed by atoms with Crippen LogP contribution in [0.15, 0.2) is 24.3 Å². The van der Waals surface area contributed by atoms with Crippen molar-refractivity contribution in [2.24, 2.45) is 5.92 Å². The van der Waals surface area contributed by atoms with E-state index in [4.69, 9.17) is 16.3 Å². The fourth-order valence-electron chi connectivity index (χ4n) is 4.07. The summed E-state index contributed by atoms with van der Waals surface area (Å²) in [6.45, 7) is 6.88. The number of carbonyl (C=O) groups excluding carboxylic acids is 1. The number of halogens is 1. The van der Waals surface area contributed by atoms with Crippen molar-refractivity contribution in [3.63, 3.8) is 0 Å². The van der Waals surface area contributed by atoms with Crippen molar-refractivity contribution < 1.29 is 9.53 Å². The fourth-order valence-corrected chi connectivity index (χ4v) is 4.20. The average Bonchev–Trinajstić information content (AvgIpc) is 3.05. The lowest BCUT2D eigenvalue weighted by Gasteiger charge is -2.23. The van der Waals surface area contributed by atoms with E-state index in [1.54, 1.807) is 0 Å². The fraction of sp³-hybridized carbons (Fsp3) is 0.571. The highest BCUT2D eigenvalue weighted by molar-refractivity contribution is 6.30. The smallest absolute Gasteiger partial charge is 0.223 e. The number of hydrogen-bond acceptors (Lipinski definition) is 5. The molecule has 1 saturated heterocycles.